The number of carbonyl (C=O) groups is 1. The lowest BCUT2D eigenvalue weighted by Gasteiger charge is -2.19. The number of amides is 1. The van der Waals surface area contributed by atoms with E-state index in [2.05, 4.69) is 48.5 Å². The van der Waals surface area contributed by atoms with Gasteiger partial charge in [-0.3, -0.25) is 9.10 Å². The fourth-order valence-electron chi connectivity index (χ4n) is 3.83. The highest BCUT2D eigenvalue weighted by Gasteiger charge is 2.21. The van der Waals surface area contributed by atoms with Gasteiger partial charge in [-0.2, -0.15) is 4.99 Å². The second-order valence-electron chi connectivity index (χ2n) is 8.67. The number of anilines is 1. The van der Waals surface area contributed by atoms with Crippen molar-refractivity contribution in [2.75, 3.05) is 11.4 Å². The summed E-state index contributed by atoms with van der Waals surface area (Å²) >= 11 is 1.50. The van der Waals surface area contributed by atoms with Crippen LogP contribution in [-0.4, -0.2) is 25.9 Å². The number of aryl methyl sites for hydroxylation is 1. The van der Waals surface area contributed by atoms with E-state index in [1.165, 1.54) is 52.5 Å². The Morgan fingerprint density at radius 3 is 2.34 bits per heavy atom. The molecule has 4 aromatic rings. The summed E-state index contributed by atoms with van der Waals surface area (Å²) in [7, 11) is -2.24. The first-order valence-electron chi connectivity index (χ1n) is 11.6. The van der Waals surface area contributed by atoms with E-state index >= 15 is 0 Å². The molecule has 1 heterocycles. The average molecular weight is 508 g/mol. The zero-order valence-corrected chi connectivity index (χ0v) is 21.9. The Hall–Kier alpha value is -3.23. The normalized spacial score (nSPS) is 12.4. The highest BCUT2D eigenvalue weighted by molar-refractivity contribution is 7.92. The van der Waals surface area contributed by atoms with Crippen LogP contribution in [0, 0.1) is 0 Å². The fraction of sp³-hybridized carbons (Fsp3) is 0.259. The van der Waals surface area contributed by atoms with Gasteiger partial charge in [0, 0.05) is 19.2 Å². The molecule has 1 amide bonds. The Morgan fingerprint density at radius 2 is 1.71 bits per heavy atom. The molecule has 0 aliphatic carbocycles. The number of rotatable bonds is 7. The third kappa shape index (κ3) is 5.09. The Labute approximate surface area is 210 Å². The molecule has 0 saturated carbocycles. The molecule has 4 rings (SSSR count). The highest BCUT2D eigenvalue weighted by Crippen LogP contribution is 2.25. The number of fused-ring (bicyclic) bond motifs is 1. The summed E-state index contributed by atoms with van der Waals surface area (Å²) in [6.07, 6.45) is 0.917. The van der Waals surface area contributed by atoms with Crippen LogP contribution < -0.4 is 9.11 Å². The van der Waals surface area contributed by atoms with Crippen molar-refractivity contribution >= 4 is 43.2 Å². The van der Waals surface area contributed by atoms with Crippen molar-refractivity contribution in [3.63, 3.8) is 0 Å². The number of carbonyl (C=O) groups excluding carboxylic acids is 1. The predicted molar refractivity (Wildman–Crippen MR) is 143 cm³/mol. The zero-order chi connectivity index (χ0) is 25.2. The first-order chi connectivity index (χ1) is 16.7. The number of hydrogen-bond donors (Lipinski definition) is 0. The highest BCUT2D eigenvalue weighted by atomic mass is 32.2. The summed E-state index contributed by atoms with van der Waals surface area (Å²) in [4.78, 5) is 18.2. The molecule has 0 atom stereocenters. The molecule has 8 heteroatoms. The van der Waals surface area contributed by atoms with Gasteiger partial charge < -0.3 is 4.57 Å². The van der Waals surface area contributed by atoms with Crippen LogP contribution in [0.4, 0.5) is 5.69 Å². The largest absolute Gasteiger partial charge is 0.316 e. The maximum absolute atomic E-state index is 13.0. The van der Waals surface area contributed by atoms with Crippen LogP contribution in [0.3, 0.4) is 0 Å². The van der Waals surface area contributed by atoms with Gasteiger partial charge in [-0.15, -0.1) is 0 Å². The van der Waals surface area contributed by atoms with E-state index < -0.39 is 15.9 Å². The molecular formula is C27H29N3O3S2. The fourth-order valence-corrected chi connectivity index (χ4v) is 6.13. The molecule has 0 aliphatic rings. The molecule has 0 radical (unpaired) electrons. The lowest BCUT2D eigenvalue weighted by molar-refractivity contribution is 0.0997. The van der Waals surface area contributed by atoms with Crippen molar-refractivity contribution in [1.82, 2.24) is 4.57 Å². The minimum Gasteiger partial charge on any atom is -0.316 e. The first kappa shape index (κ1) is 24.9. The smallest absolute Gasteiger partial charge is 0.279 e. The summed E-state index contributed by atoms with van der Waals surface area (Å²) in [6, 6.07) is 21.2. The Bertz CT molecular complexity index is 1520. The predicted octanol–water partition coefficient (Wildman–Crippen LogP) is 5.80. The summed E-state index contributed by atoms with van der Waals surface area (Å²) < 4.78 is 30.4. The van der Waals surface area contributed by atoms with Gasteiger partial charge in [0.25, 0.3) is 15.9 Å². The molecule has 0 fully saturated rings. The molecule has 6 nitrogen and oxygen atoms in total. The van der Waals surface area contributed by atoms with E-state index in [1.54, 1.807) is 24.3 Å². The number of para-hydroxylation sites is 1. The van der Waals surface area contributed by atoms with Gasteiger partial charge in [-0.05, 0) is 66.4 Å². The molecule has 0 N–H and O–H groups in total. The third-order valence-electron chi connectivity index (χ3n) is 5.90. The zero-order valence-electron chi connectivity index (χ0n) is 20.3. The third-order valence-corrected chi connectivity index (χ3v) is 8.74. The molecule has 0 bridgehead atoms. The maximum Gasteiger partial charge on any atom is 0.279 e. The summed E-state index contributed by atoms with van der Waals surface area (Å²) in [5.41, 5.74) is 3.22. The van der Waals surface area contributed by atoms with E-state index in [0.29, 0.717) is 22.0 Å². The van der Waals surface area contributed by atoms with Crippen molar-refractivity contribution in [1.29, 1.82) is 0 Å². The Balaban J connectivity index is 1.66. The van der Waals surface area contributed by atoms with Crippen molar-refractivity contribution < 1.29 is 13.2 Å². The number of benzene rings is 3. The van der Waals surface area contributed by atoms with E-state index in [9.17, 15) is 13.2 Å². The van der Waals surface area contributed by atoms with Crippen molar-refractivity contribution in [2.24, 2.45) is 4.99 Å². The number of hydrogen-bond acceptors (Lipinski definition) is 4. The Kier molecular flexibility index (Phi) is 7.23. The molecule has 0 spiro atoms. The molecule has 1 aromatic heterocycles. The van der Waals surface area contributed by atoms with Crippen LogP contribution in [0.1, 0.15) is 49.0 Å². The van der Waals surface area contributed by atoms with Gasteiger partial charge in [0.15, 0.2) is 4.80 Å². The number of nitrogens with zero attached hydrogens (tertiary/aromatic N) is 3. The number of aromatic nitrogens is 1. The van der Waals surface area contributed by atoms with Crippen LogP contribution >= 0.6 is 11.3 Å². The Morgan fingerprint density at radius 1 is 1.03 bits per heavy atom. The lowest BCUT2D eigenvalue weighted by Crippen LogP contribution is -2.26. The minimum atomic E-state index is -3.75. The molecule has 35 heavy (non-hydrogen) atoms. The topological polar surface area (TPSA) is 71.7 Å². The molecule has 0 saturated heterocycles. The second kappa shape index (κ2) is 10.2. The van der Waals surface area contributed by atoms with Gasteiger partial charge in [0.05, 0.1) is 20.8 Å². The van der Waals surface area contributed by atoms with E-state index in [0.717, 1.165) is 23.2 Å². The van der Waals surface area contributed by atoms with Crippen LogP contribution in [0.2, 0.25) is 0 Å². The van der Waals surface area contributed by atoms with Gasteiger partial charge in [0.2, 0.25) is 0 Å². The van der Waals surface area contributed by atoms with Gasteiger partial charge in [-0.1, -0.05) is 56.4 Å². The minimum absolute atomic E-state index is 0.115. The molecule has 3 aromatic carbocycles. The molecular weight excluding hydrogens is 478 g/mol. The SMILES string of the molecule is CCCn1c(=NC(=O)c2ccc(S(=O)(=O)N(C)c3ccccc3)cc2)sc2cc(C(C)C)ccc21. The second-order valence-corrected chi connectivity index (χ2v) is 11.6. The monoisotopic (exact) mass is 507 g/mol. The number of sulfonamides is 1. The summed E-state index contributed by atoms with van der Waals surface area (Å²) in [5.74, 6) is 0.0183. The van der Waals surface area contributed by atoms with Gasteiger partial charge in [-0.25, -0.2) is 8.42 Å². The maximum atomic E-state index is 13.0. The quantitative estimate of drug-likeness (QED) is 0.317. The first-order valence-corrected chi connectivity index (χ1v) is 13.8. The van der Waals surface area contributed by atoms with Crippen LogP contribution in [0.5, 0.6) is 0 Å². The number of thiazole rings is 1. The summed E-state index contributed by atoms with van der Waals surface area (Å²) in [6.45, 7) is 7.17. The van der Waals surface area contributed by atoms with E-state index in [1.807, 2.05) is 6.07 Å². The molecule has 182 valence electrons. The lowest BCUT2D eigenvalue weighted by atomic mass is 10.0. The van der Waals surface area contributed by atoms with E-state index in [4.69, 9.17) is 0 Å². The van der Waals surface area contributed by atoms with Gasteiger partial charge >= 0.3 is 0 Å². The van der Waals surface area contributed by atoms with Crippen LogP contribution in [-0.2, 0) is 16.6 Å². The van der Waals surface area contributed by atoms with Crippen LogP contribution in [0.15, 0.2) is 82.7 Å². The van der Waals surface area contributed by atoms with Crippen molar-refractivity contribution in [3.05, 3.63) is 88.7 Å². The van der Waals surface area contributed by atoms with Gasteiger partial charge in [0.1, 0.15) is 0 Å². The average Bonchev–Trinajstić information content (AvgIpc) is 3.20. The molecule has 0 aliphatic heterocycles. The summed E-state index contributed by atoms with van der Waals surface area (Å²) in [5, 5.41) is 0. The standard InChI is InChI=1S/C27H29N3O3S2/c1-5-17-30-24-16-13-21(19(2)3)18-25(24)34-27(30)28-26(31)20-11-14-23(15-12-20)35(32,33)29(4)22-9-7-6-8-10-22/h6-16,18-19H,5,17H2,1-4H3. The van der Waals surface area contributed by atoms with Crippen LogP contribution in [0.25, 0.3) is 10.2 Å². The van der Waals surface area contributed by atoms with Crippen molar-refractivity contribution in [2.45, 2.75) is 44.6 Å². The molecule has 0 unspecified atom stereocenters. The van der Waals surface area contributed by atoms with Crippen molar-refractivity contribution in [3.8, 4) is 0 Å². The van der Waals surface area contributed by atoms with E-state index in [-0.39, 0.29) is 4.90 Å².